The Balaban J connectivity index is 1.46. The Labute approximate surface area is 217 Å². The van der Waals surface area contributed by atoms with Crippen LogP contribution in [0.25, 0.3) is 53.7 Å². The van der Waals surface area contributed by atoms with E-state index in [1.165, 1.54) is 20.2 Å². The molecule has 172 valence electrons. The lowest BCUT2D eigenvalue weighted by Crippen LogP contribution is -2.08. The molecule has 36 heavy (non-hydrogen) atoms. The van der Waals surface area contributed by atoms with E-state index < -0.39 is 0 Å². The molecule has 1 aliphatic carbocycles. The Morgan fingerprint density at radius 2 is 1.47 bits per heavy atom. The van der Waals surface area contributed by atoms with Crippen LogP contribution in [0, 0.1) is 0 Å². The average molecular weight is 502 g/mol. The van der Waals surface area contributed by atoms with Crippen LogP contribution in [0.3, 0.4) is 0 Å². The third kappa shape index (κ3) is 3.62. The van der Waals surface area contributed by atoms with Crippen LogP contribution >= 0.6 is 22.9 Å². The van der Waals surface area contributed by atoms with Crippen LogP contribution in [0.15, 0.2) is 103 Å². The predicted molar refractivity (Wildman–Crippen MR) is 152 cm³/mol. The Hall–Kier alpha value is -3.86. The molecule has 0 fully saturated rings. The first-order chi connectivity index (χ1) is 17.7. The zero-order valence-electron chi connectivity index (χ0n) is 19.2. The number of fused-ring (bicyclic) bond motifs is 4. The van der Waals surface area contributed by atoms with Gasteiger partial charge in [0.2, 0.25) is 0 Å². The largest absolute Gasteiger partial charge is 0.212 e. The van der Waals surface area contributed by atoms with Crippen LogP contribution in [0.5, 0.6) is 0 Å². The summed E-state index contributed by atoms with van der Waals surface area (Å²) in [6, 6.07) is 27.1. The summed E-state index contributed by atoms with van der Waals surface area (Å²) in [5, 5.41) is 5.24. The minimum Gasteiger partial charge on any atom is -0.212 e. The Morgan fingerprint density at radius 3 is 2.33 bits per heavy atom. The maximum atomic E-state index is 6.52. The second-order valence-electron chi connectivity index (χ2n) is 8.95. The molecule has 0 amide bonds. The molecular weight excluding hydrogens is 482 g/mol. The van der Waals surface area contributed by atoms with Gasteiger partial charge in [-0.25, -0.2) is 15.0 Å². The van der Waals surface area contributed by atoms with Crippen LogP contribution in [0.2, 0.25) is 5.02 Å². The maximum Gasteiger partial charge on any atom is 0.164 e. The number of rotatable bonds is 3. The molecule has 0 aliphatic heterocycles. The highest BCUT2D eigenvalue weighted by Crippen LogP contribution is 2.37. The van der Waals surface area contributed by atoms with E-state index in [0.717, 1.165) is 39.2 Å². The lowest BCUT2D eigenvalue weighted by molar-refractivity contribution is 0.764. The highest BCUT2D eigenvalue weighted by molar-refractivity contribution is 7.25. The van der Waals surface area contributed by atoms with Gasteiger partial charge in [-0.1, -0.05) is 78.4 Å². The number of hydrogen-bond acceptors (Lipinski definition) is 4. The van der Waals surface area contributed by atoms with Gasteiger partial charge in [0.05, 0.1) is 0 Å². The summed E-state index contributed by atoms with van der Waals surface area (Å²) < 4.78 is 2.55. The number of hydrogen-bond donors (Lipinski definition) is 0. The fraction of sp³-hybridized carbons (Fsp3) is 0.0645. The van der Waals surface area contributed by atoms with Crippen molar-refractivity contribution in [3.8, 4) is 22.8 Å². The topological polar surface area (TPSA) is 38.7 Å². The molecule has 1 aliphatic rings. The SMILES string of the molecule is Clc1ccc(-c2nc(-c3ccc4sc5ccccc5c4c3)nc(C3C=CC=CC3)n2)c2ccccc12. The van der Waals surface area contributed by atoms with E-state index in [-0.39, 0.29) is 5.92 Å². The van der Waals surface area contributed by atoms with Crippen LogP contribution in [-0.4, -0.2) is 15.0 Å². The van der Waals surface area contributed by atoms with Gasteiger partial charge in [0.25, 0.3) is 0 Å². The van der Waals surface area contributed by atoms with E-state index >= 15 is 0 Å². The van der Waals surface area contributed by atoms with Crippen LogP contribution in [0.1, 0.15) is 18.2 Å². The monoisotopic (exact) mass is 501 g/mol. The van der Waals surface area contributed by atoms with Gasteiger partial charge < -0.3 is 0 Å². The lowest BCUT2D eigenvalue weighted by Gasteiger charge is -2.15. The van der Waals surface area contributed by atoms with E-state index in [2.05, 4.69) is 72.8 Å². The molecule has 2 heterocycles. The van der Waals surface area contributed by atoms with Crippen molar-refractivity contribution in [2.75, 3.05) is 0 Å². The molecule has 3 nitrogen and oxygen atoms in total. The van der Waals surface area contributed by atoms with Crippen molar-refractivity contribution in [2.24, 2.45) is 0 Å². The molecule has 0 saturated heterocycles. The first-order valence-corrected chi connectivity index (χ1v) is 13.1. The molecule has 0 radical (unpaired) electrons. The average Bonchev–Trinajstić information content (AvgIpc) is 3.32. The molecule has 0 N–H and O–H groups in total. The Morgan fingerprint density at radius 1 is 0.694 bits per heavy atom. The van der Waals surface area contributed by atoms with E-state index in [1.54, 1.807) is 0 Å². The van der Waals surface area contributed by atoms with Crippen LogP contribution in [0.4, 0.5) is 0 Å². The first-order valence-electron chi connectivity index (χ1n) is 11.9. The number of benzene rings is 4. The third-order valence-corrected chi connectivity index (χ3v) is 8.19. The Kier molecular flexibility index (Phi) is 5.16. The first kappa shape index (κ1) is 21.4. The van der Waals surface area contributed by atoms with Gasteiger partial charge in [0.1, 0.15) is 5.82 Å². The van der Waals surface area contributed by atoms with Gasteiger partial charge in [0.15, 0.2) is 11.6 Å². The molecule has 7 rings (SSSR count). The van der Waals surface area contributed by atoms with Crippen molar-refractivity contribution in [3.05, 3.63) is 114 Å². The van der Waals surface area contributed by atoms with Gasteiger partial charge in [-0.2, -0.15) is 0 Å². The van der Waals surface area contributed by atoms with Crippen molar-refractivity contribution >= 4 is 53.9 Å². The third-order valence-electron chi connectivity index (χ3n) is 6.71. The van der Waals surface area contributed by atoms with Gasteiger partial charge in [-0.3, -0.25) is 0 Å². The highest BCUT2D eigenvalue weighted by atomic mass is 35.5. The molecule has 0 spiro atoms. The molecule has 4 aromatic carbocycles. The number of nitrogens with zero attached hydrogens (tertiary/aromatic N) is 3. The van der Waals surface area contributed by atoms with Crippen molar-refractivity contribution < 1.29 is 0 Å². The summed E-state index contributed by atoms with van der Waals surface area (Å²) >= 11 is 8.33. The van der Waals surface area contributed by atoms with Gasteiger partial charge >= 0.3 is 0 Å². The number of halogens is 1. The summed E-state index contributed by atoms with van der Waals surface area (Å²) in [5.74, 6) is 2.25. The second-order valence-corrected chi connectivity index (χ2v) is 10.4. The zero-order valence-corrected chi connectivity index (χ0v) is 20.8. The van der Waals surface area contributed by atoms with Crippen molar-refractivity contribution in [1.29, 1.82) is 0 Å². The zero-order chi connectivity index (χ0) is 24.1. The van der Waals surface area contributed by atoms with Crippen molar-refractivity contribution in [3.63, 3.8) is 0 Å². The summed E-state index contributed by atoms with van der Waals surface area (Å²) in [6.45, 7) is 0. The molecule has 5 heteroatoms. The van der Waals surface area contributed by atoms with Gasteiger partial charge in [-0.05, 0) is 48.2 Å². The van der Waals surface area contributed by atoms with Gasteiger partial charge in [-0.15, -0.1) is 11.3 Å². The fourth-order valence-corrected chi connectivity index (χ4v) is 6.22. The van der Waals surface area contributed by atoms with Crippen molar-refractivity contribution in [2.45, 2.75) is 12.3 Å². The molecule has 1 atom stereocenters. The number of allylic oxidation sites excluding steroid dienone is 4. The second kappa shape index (κ2) is 8.66. The van der Waals surface area contributed by atoms with E-state index in [1.807, 2.05) is 41.7 Å². The normalized spacial score (nSPS) is 15.3. The van der Waals surface area contributed by atoms with Crippen LogP contribution in [-0.2, 0) is 0 Å². The minimum absolute atomic E-state index is 0.111. The lowest BCUT2D eigenvalue weighted by atomic mass is 9.99. The fourth-order valence-electron chi connectivity index (χ4n) is 4.90. The molecule has 0 bridgehead atoms. The standard InChI is InChI=1S/C31H20ClN3S/c32-26-16-15-24(21-10-4-5-11-22(21)26)31-34-29(19-8-2-1-3-9-19)33-30(35-31)20-14-17-28-25(18-20)23-12-6-7-13-27(23)36-28/h1-8,10-19H,9H2. The maximum absolute atomic E-state index is 6.52. The molecule has 1 unspecified atom stereocenters. The highest BCUT2D eigenvalue weighted by Gasteiger charge is 2.19. The minimum atomic E-state index is 0.111. The molecular formula is C31H20ClN3S. The number of aromatic nitrogens is 3. The summed E-state index contributed by atoms with van der Waals surface area (Å²) in [5.41, 5.74) is 1.95. The summed E-state index contributed by atoms with van der Waals surface area (Å²) in [6.07, 6.45) is 9.34. The molecule has 2 aromatic heterocycles. The quantitative estimate of drug-likeness (QED) is 0.243. The number of thiophene rings is 1. The predicted octanol–water partition coefficient (Wildman–Crippen LogP) is 8.98. The van der Waals surface area contributed by atoms with Crippen molar-refractivity contribution in [1.82, 2.24) is 15.0 Å². The smallest absolute Gasteiger partial charge is 0.164 e. The van der Waals surface area contributed by atoms with E-state index in [0.29, 0.717) is 11.6 Å². The van der Waals surface area contributed by atoms with E-state index in [9.17, 15) is 0 Å². The molecule has 0 saturated carbocycles. The van der Waals surface area contributed by atoms with Gasteiger partial charge in [0, 0.05) is 47.6 Å². The van der Waals surface area contributed by atoms with E-state index in [4.69, 9.17) is 26.6 Å². The molecule has 6 aromatic rings. The summed E-state index contributed by atoms with van der Waals surface area (Å²) in [4.78, 5) is 15.0. The summed E-state index contributed by atoms with van der Waals surface area (Å²) in [7, 11) is 0. The van der Waals surface area contributed by atoms with Crippen LogP contribution < -0.4 is 0 Å². The Bertz CT molecular complexity index is 1850.